The molecule has 5 nitrogen and oxygen atoms in total. The first-order chi connectivity index (χ1) is 14.2. The summed E-state index contributed by atoms with van der Waals surface area (Å²) >= 11 is 0. The number of piperazine rings is 1. The Bertz CT molecular complexity index is 897. The van der Waals surface area contributed by atoms with Gasteiger partial charge in [-0.1, -0.05) is 18.2 Å². The lowest BCUT2D eigenvalue weighted by atomic mass is 10.1. The van der Waals surface area contributed by atoms with Crippen LogP contribution >= 0.6 is 0 Å². The minimum atomic E-state index is -0.207. The van der Waals surface area contributed by atoms with Crippen LogP contribution in [0.2, 0.25) is 0 Å². The van der Waals surface area contributed by atoms with Crippen molar-refractivity contribution >= 4 is 0 Å². The van der Waals surface area contributed by atoms with Gasteiger partial charge in [0.1, 0.15) is 11.6 Å². The highest BCUT2D eigenvalue weighted by Gasteiger charge is 2.27. The van der Waals surface area contributed by atoms with E-state index in [1.807, 2.05) is 42.7 Å². The van der Waals surface area contributed by atoms with E-state index >= 15 is 0 Å². The maximum absolute atomic E-state index is 13.2. The molecule has 152 valence electrons. The van der Waals surface area contributed by atoms with Crippen LogP contribution in [0.15, 0.2) is 67.0 Å². The van der Waals surface area contributed by atoms with Gasteiger partial charge in [0, 0.05) is 63.5 Å². The molecule has 0 saturated carbocycles. The fourth-order valence-corrected chi connectivity index (χ4v) is 4.05. The molecule has 1 aliphatic rings. The molecule has 4 rings (SSSR count). The Morgan fingerprint density at radius 2 is 1.86 bits per heavy atom. The summed E-state index contributed by atoms with van der Waals surface area (Å²) in [4.78, 5) is 9.30. The number of hydrogen-bond donors (Lipinski definition) is 1. The highest BCUT2D eigenvalue weighted by atomic mass is 19.1. The molecule has 0 bridgehead atoms. The number of aliphatic hydroxyl groups excluding tert-OH is 1. The SMILES string of the molecule is OCC[C@H]1CN(Cc2cccn2-c2ccccn2)CCN1Cc1ccc(F)cc1. The fraction of sp³-hybridized carbons (Fsp3) is 0.348. The molecule has 1 saturated heterocycles. The molecule has 1 aliphatic heterocycles. The summed E-state index contributed by atoms with van der Waals surface area (Å²) in [6.07, 6.45) is 4.59. The van der Waals surface area contributed by atoms with E-state index < -0.39 is 0 Å². The van der Waals surface area contributed by atoms with Crippen molar-refractivity contribution in [2.75, 3.05) is 26.2 Å². The molecule has 0 spiro atoms. The Morgan fingerprint density at radius 3 is 2.62 bits per heavy atom. The van der Waals surface area contributed by atoms with E-state index in [0.29, 0.717) is 0 Å². The molecule has 2 aromatic heterocycles. The summed E-state index contributed by atoms with van der Waals surface area (Å²) < 4.78 is 15.3. The summed E-state index contributed by atoms with van der Waals surface area (Å²) in [6.45, 7) is 4.57. The predicted molar refractivity (Wildman–Crippen MR) is 111 cm³/mol. The Labute approximate surface area is 171 Å². The van der Waals surface area contributed by atoms with Gasteiger partial charge >= 0.3 is 0 Å². The third-order valence-corrected chi connectivity index (χ3v) is 5.56. The zero-order valence-electron chi connectivity index (χ0n) is 16.5. The number of rotatable bonds is 7. The zero-order valence-corrected chi connectivity index (χ0v) is 16.5. The normalized spacial score (nSPS) is 18.2. The summed E-state index contributed by atoms with van der Waals surface area (Å²) in [6, 6.07) is 17.1. The highest BCUT2D eigenvalue weighted by Crippen LogP contribution is 2.20. The van der Waals surface area contributed by atoms with Crippen LogP contribution in [-0.4, -0.2) is 56.7 Å². The topological polar surface area (TPSA) is 44.5 Å². The van der Waals surface area contributed by atoms with Crippen LogP contribution in [0.4, 0.5) is 4.39 Å². The Balaban J connectivity index is 1.42. The van der Waals surface area contributed by atoms with Crippen LogP contribution in [0.25, 0.3) is 5.82 Å². The van der Waals surface area contributed by atoms with Crippen LogP contribution in [0, 0.1) is 5.82 Å². The molecule has 0 amide bonds. The second-order valence-corrected chi connectivity index (χ2v) is 7.56. The van der Waals surface area contributed by atoms with Gasteiger partial charge in [0.15, 0.2) is 0 Å². The molecule has 1 atom stereocenters. The standard InChI is InChI=1S/C23H27FN4O/c24-20-8-6-19(7-9-20)16-27-14-13-26(17-21(27)10-15-29)18-22-4-3-12-28(22)23-5-1-2-11-25-23/h1-9,11-12,21,29H,10,13-18H2/t21-/m0/s1. The van der Waals surface area contributed by atoms with Gasteiger partial charge in [-0.15, -0.1) is 0 Å². The number of hydrogen-bond acceptors (Lipinski definition) is 4. The predicted octanol–water partition coefficient (Wildman–Crippen LogP) is 3.08. The number of aliphatic hydroxyl groups is 1. The summed E-state index contributed by atoms with van der Waals surface area (Å²) in [5.74, 6) is 0.718. The molecule has 1 N–H and O–H groups in total. The van der Waals surface area contributed by atoms with Crippen molar-refractivity contribution in [2.24, 2.45) is 0 Å². The van der Waals surface area contributed by atoms with Crippen molar-refractivity contribution in [1.82, 2.24) is 19.4 Å². The molecular formula is C23H27FN4O. The lowest BCUT2D eigenvalue weighted by Crippen LogP contribution is -2.52. The second-order valence-electron chi connectivity index (χ2n) is 7.56. The Hall–Kier alpha value is -2.54. The molecule has 29 heavy (non-hydrogen) atoms. The number of nitrogens with zero attached hydrogens (tertiary/aromatic N) is 4. The van der Waals surface area contributed by atoms with Crippen LogP contribution < -0.4 is 0 Å². The van der Waals surface area contributed by atoms with Gasteiger partial charge in [-0.2, -0.15) is 0 Å². The van der Waals surface area contributed by atoms with Crippen LogP contribution in [0.1, 0.15) is 17.7 Å². The number of halogens is 1. The van der Waals surface area contributed by atoms with Crippen LogP contribution in [0.5, 0.6) is 0 Å². The van der Waals surface area contributed by atoms with Crippen molar-refractivity contribution in [3.63, 3.8) is 0 Å². The maximum atomic E-state index is 13.2. The molecule has 1 fully saturated rings. The van der Waals surface area contributed by atoms with Crippen LogP contribution in [-0.2, 0) is 13.1 Å². The van der Waals surface area contributed by atoms with E-state index in [-0.39, 0.29) is 18.5 Å². The van der Waals surface area contributed by atoms with Crippen molar-refractivity contribution in [3.05, 3.63) is 84.1 Å². The van der Waals surface area contributed by atoms with Crippen LogP contribution in [0.3, 0.4) is 0 Å². The van der Waals surface area contributed by atoms with Gasteiger partial charge in [0.2, 0.25) is 0 Å². The van der Waals surface area contributed by atoms with Crippen molar-refractivity contribution in [2.45, 2.75) is 25.6 Å². The van der Waals surface area contributed by atoms with Gasteiger partial charge < -0.3 is 9.67 Å². The molecule has 0 aliphatic carbocycles. The second kappa shape index (κ2) is 9.31. The largest absolute Gasteiger partial charge is 0.396 e. The van der Waals surface area contributed by atoms with E-state index in [0.717, 1.165) is 50.5 Å². The van der Waals surface area contributed by atoms with Gasteiger partial charge in [-0.3, -0.25) is 9.80 Å². The smallest absolute Gasteiger partial charge is 0.136 e. The number of benzene rings is 1. The number of aromatic nitrogens is 2. The average Bonchev–Trinajstić information content (AvgIpc) is 3.20. The first-order valence-corrected chi connectivity index (χ1v) is 10.1. The number of pyridine rings is 1. The molecule has 3 heterocycles. The molecule has 3 aromatic rings. The van der Waals surface area contributed by atoms with Gasteiger partial charge in [0.05, 0.1) is 0 Å². The van der Waals surface area contributed by atoms with Crippen molar-refractivity contribution in [3.8, 4) is 5.82 Å². The average molecular weight is 394 g/mol. The zero-order chi connectivity index (χ0) is 20.1. The molecule has 0 unspecified atom stereocenters. The van der Waals surface area contributed by atoms with E-state index in [9.17, 15) is 9.50 Å². The summed E-state index contributed by atoms with van der Waals surface area (Å²) in [7, 11) is 0. The van der Waals surface area contributed by atoms with Crippen molar-refractivity contribution in [1.29, 1.82) is 0 Å². The fourth-order valence-electron chi connectivity index (χ4n) is 4.05. The first kappa shape index (κ1) is 19.8. The molecule has 6 heteroatoms. The Kier molecular flexibility index (Phi) is 6.34. The van der Waals surface area contributed by atoms with Gasteiger partial charge in [-0.25, -0.2) is 9.37 Å². The highest BCUT2D eigenvalue weighted by molar-refractivity contribution is 5.27. The molecule has 1 aromatic carbocycles. The molecular weight excluding hydrogens is 367 g/mol. The summed E-state index contributed by atoms with van der Waals surface area (Å²) in [5.41, 5.74) is 2.31. The molecule has 0 radical (unpaired) electrons. The van der Waals surface area contributed by atoms with E-state index in [2.05, 4.69) is 31.5 Å². The van der Waals surface area contributed by atoms with Crippen molar-refractivity contribution < 1.29 is 9.50 Å². The van der Waals surface area contributed by atoms with E-state index in [1.165, 1.54) is 17.8 Å². The summed E-state index contributed by atoms with van der Waals surface area (Å²) in [5, 5.41) is 9.57. The maximum Gasteiger partial charge on any atom is 0.136 e. The van der Waals surface area contributed by atoms with E-state index in [4.69, 9.17) is 0 Å². The first-order valence-electron chi connectivity index (χ1n) is 10.1. The minimum Gasteiger partial charge on any atom is -0.396 e. The monoisotopic (exact) mass is 394 g/mol. The minimum absolute atomic E-state index is 0.169. The quantitative estimate of drug-likeness (QED) is 0.669. The Morgan fingerprint density at radius 1 is 1.00 bits per heavy atom. The van der Waals surface area contributed by atoms with Gasteiger partial charge in [-0.05, 0) is 48.4 Å². The van der Waals surface area contributed by atoms with Gasteiger partial charge in [0.25, 0.3) is 0 Å². The van der Waals surface area contributed by atoms with E-state index in [1.54, 1.807) is 0 Å². The third kappa shape index (κ3) is 4.90. The lowest BCUT2D eigenvalue weighted by molar-refractivity contribution is 0.0491. The third-order valence-electron chi connectivity index (χ3n) is 5.56. The lowest BCUT2D eigenvalue weighted by Gasteiger charge is -2.41.